The Morgan fingerprint density at radius 1 is 1.17 bits per heavy atom. The molecule has 0 spiro atoms. The van der Waals surface area contributed by atoms with Gasteiger partial charge in [0.15, 0.2) is 11.5 Å². The highest BCUT2D eigenvalue weighted by atomic mass is 31.2. The number of ether oxygens (including phenoxy) is 3. The molecule has 2 atom stereocenters. The molecule has 13 nitrogen and oxygen atoms in total. The van der Waals surface area contributed by atoms with Gasteiger partial charge in [-0.2, -0.15) is 0 Å². The fourth-order valence-corrected chi connectivity index (χ4v) is 5.74. The lowest BCUT2D eigenvalue weighted by Crippen LogP contribution is -2.47. The average molecular weight is 591 g/mol. The van der Waals surface area contributed by atoms with Gasteiger partial charge in [0.1, 0.15) is 23.7 Å². The first-order chi connectivity index (χ1) is 19.3. The Bertz CT molecular complexity index is 1390. The van der Waals surface area contributed by atoms with Gasteiger partial charge in [-0.1, -0.05) is 19.1 Å². The molecule has 0 bridgehead atoms. The number of benzene rings is 1. The Morgan fingerprint density at radius 3 is 2.63 bits per heavy atom. The van der Waals surface area contributed by atoms with Gasteiger partial charge in [-0.05, 0) is 58.7 Å². The largest absolute Gasteiger partial charge is 0.464 e. The second kappa shape index (κ2) is 14.0. The molecule has 1 aromatic carbocycles. The Hall–Kier alpha value is -3.38. The predicted octanol–water partition coefficient (Wildman–Crippen LogP) is 4.07. The highest BCUT2D eigenvalue weighted by Crippen LogP contribution is 2.46. The van der Waals surface area contributed by atoms with Gasteiger partial charge in [0, 0.05) is 0 Å². The van der Waals surface area contributed by atoms with Gasteiger partial charge < -0.3 is 29.0 Å². The number of carbonyl (C=O) groups is 2. The van der Waals surface area contributed by atoms with E-state index in [1.807, 2.05) is 6.92 Å². The lowest BCUT2D eigenvalue weighted by molar-refractivity contribution is -0.149. The van der Waals surface area contributed by atoms with Gasteiger partial charge in [0.25, 0.3) is 7.52 Å². The van der Waals surface area contributed by atoms with Crippen molar-refractivity contribution in [2.24, 2.45) is 0 Å². The first kappa shape index (κ1) is 32.1. The molecule has 0 aliphatic rings. The minimum atomic E-state index is -3.81. The first-order valence-corrected chi connectivity index (χ1v) is 15.2. The number of imidazole rings is 1. The Labute approximate surface area is 239 Å². The van der Waals surface area contributed by atoms with E-state index >= 15 is 0 Å². The third-order valence-corrected chi connectivity index (χ3v) is 7.69. The molecule has 41 heavy (non-hydrogen) atoms. The molecule has 0 unspecified atom stereocenters. The number of nitrogens with two attached hydrogens (primary N) is 1. The number of hydrogen-bond acceptors (Lipinski definition) is 11. The van der Waals surface area contributed by atoms with E-state index in [2.05, 4.69) is 20.0 Å². The lowest BCUT2D eigenvalue weighted by Gasteiger charge is -2.30. The molecule has 2 heterocycles. The average Bonchev–Trinajstić information content (AvgIpc) is 3.33. The Balaban J connectivity index is 1.75. The summed E-state index contributed by atoms with van der Waals surface area (Å²) in [6.07, 6.45) is 2.50. The minimum absolute atomic E-state index is 0.118. The van der Waals surface area contributed by atoms with Crippen LogP contribution in [0.3, 0.4) is 0 Å². The van der Waals surface area contributed by atoms with Crippen LogP contribution in [0.1, 0.15) is 63.9 Å². The van der Waals surface area contributed by atoms with E-state index in [-0.39, 0.29) is 31.5 Å². The molecular formula is C27H39N6O7P. The quantitative estimate of drug-likeness (QED) is 0.192. The molecule has 0 fully saturated rings. The number of esters is 2. The maximum absolute atomic E-state index is 14.1. The molecule has 0 amide bonds. The van der Waals surface area contributed by atoms with Crippen molar-refractivity contribution < 1.29 is 32.9 Å². The summed E-state index contributed by atoms with van der Waals surface area (Å²) in [5.74, 6) is -0.779. The zero-order chi connectivity index (χ0) is 30.2. The van der Waals surface area contributed by atoms with E-state index in [0.29, 0.717) is 35.3 Å². The summed E-state index contributed by atoms with van der Waals surface area (Å²) < 4.78 is 38.3. The monoisotopic (exact) mass is 590 g/mol. The van der Waals surface area contributed by atoms with Gasteiger partial charge in [-0.25, -0.2) is 24.8 Å². The summed E-state index contributed by atoms with van der Waals surface area (Å²) in [6.45, 7) is 10.8. The van der Waals surface area contributed by atoms with E-state index in [4.69, 9.17) is 24.5 Å². The van der Waals surface area contributed by atoms with Gasteiger partial charge in [-0.15, -0.1) is 0 Å². The summed E-state index contributed by atoms with van der Waals surface area (Å²) in [5.41, 5.74) is 6.48. The predicted molar refractivity (Wildman–Crippen MR) is 153 cm³/mol. The number of rotatable bonds is 15. The van der Waals surface area contributed by atoms with Crippen LogP contribution < -0.4 is 10.8 Å². The normalized spacial score (nSPS) is 14.1. The van der Waals surface area contributed by atoms with Crippen LogP contribution in [0.15, 0.2) is 36.9 Å². The number of fused-ring (bicyclic) bond motifs is 1. The van der Waals surface area contributed by atoms with Crippen LogP contribution in [0.2, 0.25) is 0 Å². The highest BCUT2D eigenvalue weighted by Gasteiger charge is 2.38. The molecule has 14 heteroatoms. The van der Waals surface area contributed by atoms with Crippen molar-refractivity contribution in [3.05, 3.63) is 48.0 Å². The third kappa shape index (κ3) is 9.06. The molecule has 0 saturated carbocycles. The first-order valence-electron chi connectivity index (χ1n) is 13.4. The van der Waals surface area contributed by atoms with Crippen molar-refractivity contribution in [1.29, 1.82) is 0 Å². The third-order valence-electron chi connectivity index (χ3n) is 5.75. The molecule has 0 saturated heterocycles. The molecule has 0 aliphatic carbocycles. The van der Waals surface area contributed by atoms with E-state index in [1.165, 1.54) is 6.33 Å². The van der Waals surface area contributed by atoms with Crippen LogP contribution in [-0.2, 0) is 41.2 Å². The standard InChI is InChI=1S/C27H39N6O7P/c1-7-11-37-26(35)27(5,6)32-41(36,39-14-20-9-8-10-21(12-20)25(34)40-18(2)3)17-38-19(4)13-33-16-31-22-23(28)29-15-30-24(22)33/h8-10,12,15-16,18-19H,7,11,13-14,17H2,1-6H3,(H,32,36)(H2,28,29,30)/t19-,41+/m1/s1. The van der Waals surface area contributed by atoms with Gasteiger partial charge in [0.05, 0.1) is 43.9 Å². The van der Waals surface area contributed by atoms with Gasteiger partial charge >= 0.3 is 11.9 Å². The summed E-state index contributed by atoms with van der Waals surface area (Å²) in [6, 6.07) is 6.65. The molecule has 0 aliphatic heterocycles. The number of nitrogens with zero attached hydrogens (tertiary/aromatic N) is 4. The second-order valence-electron chi connectivity index (χ2n) is 10.4. The van der Waals surface area contributed by atoms with Crippen molar-refractivity contribution in [3.63, 3.8) is 0 Å². The number of anilines is 1. The molecule has 3 N–H and O–H groups in total. The Morgan fingerprint density at radius 2 is 1.93 bits per heavy atom. The summed E-state index contributed by atoms with van der Waals surface area (Å²) >= 11 is 0. The van der Waals surface area contributed by atoms with Crippen molar-refractivity contribution in [2.45, 2.75) is 78.9 Å². The van der Waals surface area contributed by atoms with Crippen molar-refractivity contribution in [3.8, 4) is 0 Å². The molecule has 224 valence electrons. The van der Waals surface area contributed by atoms with Crippen LogP contribution in [0.4, 0.5) is 5.82 Å². The van der Waals surface area contributed by atoms with Crippen LogP contribution in [0.25, 0.3) is 11.2 Å². The molecule has 3 rings (SSSR count). The van der Waals surface area contributed by atoms with E-state index < -0.39 is 31.1 Å². The van der Waals surface area contributed by atoms with Crippen LogP contribution >= 0.6 is 7.52 Å². The smallest absolute Gasteiger partial charge is 0.338 e. The van der Waals surface area contributed by atoms with Crippen LogP contribution in [0.5, 0.6) is 0 Å². The molecule has 2 aromatic heterocycles. The summed E-state index contributed by atoms with van der Waals surface area (Å²) in [4.78, 5) is 37.5. The maximum Gasteiger partial charge on any atom is 0.338 e. The zero-order valence-electron chi connectivity index (χ0n) is 24.3. The van der Waals surface area contributed by atoms with Crippen molar-refractivity contribution in [1.82, 2.24) is 24.6 Å². The van der Waals surface area contributed by atoms with E-state index in [0.717, 1.165) is 0 Å². The Kier molecular flexibility index (Phi) is 11.0. The van der Waals surface area contributed by atoms with Crippen molar-refractivity contribution in [2.75, 3.05) is 18.7 Å². The summed E-state index contributed by atoms with van der Waals surface area (Å²) in [5, 5.41) is 2.85. The number of aromatic nitrogens is 4. The van der Waals surface area contributed by atoms with Crippen LogP contribution in [-0.4, -0.2) is 62.2 Å². The SMILES string of the molecule is CCCOC(=O)C(C)(C)N[P@](=O)(CO[C@H](C)Cn1cnc2c(N)ncnc21)OCc1cccc(C(=O)OC(C)C)c1. The maximum atomic E-state index is 14.1. The highest BCUT2D eigenvalue weighted by molar-refractivity contribution is 7.56. The topological polar surface area (TPSA) is 170 Å². The number of carbonyl (C=O) groups excluding carboxylic acids is 2. The van der Waals surface area contributed by atoms with E-state index in [1.54, 1.807) is 69.8 Å². The van der Waals surface area contributed by atoms with E-state index in [9.17, 15) is 14.2 Å². The number of hydrogen-bond donors (Lipinski definition) is 2. The fraction of sp³-hybridized carbons (Fsp3) is 0.519. The minimum Gasteiger partial charge on any atom is -0.464 e. The zero-order valence-corrected chi connectivity index (χ0v) is 25.2. The van der Waals surface area contributed by atoms with Gasteiger partial charge in [-0.3, -0.25) is 9.36 Å². The fourth-order valence-electron chi connectivity index (χ4n) is 3.78. The molecule has 3 aromatic rings. The number of nitrogens with one attached hydrogen (secondary N) is 1. The molecule has 0 radical (unpaired) electrons. The number of nitrogen functional groups attached to an aromatic ring is 1. The summed E-state index contributed by atoms with van der Waals surface area (Å²) in [7, 11) is -3.81. The van der Waals surface area contributed by atoms with Crippen molar-refractivity contribution >= 4 is 36.4 Å². The van der Waals surface area contributed by atoms with Gasteiger partial charge in [0.2, 0.25) is 0 Å². The second-order valence-corrected chi connectivity index (χ2v) is 12.5. The lowest BCUT2D eigenvalue weighted by atomic mass is 10.1. The van der Waals surface area contributed by atoms with Crippen LogP contribution in [0, 0.1) is 0 Å². The molecular weight excluding hydrogens is 551 g/mol.